The van der Waals surface area contributed by atoms with Gasteiger partial charge in [0.05, 0.1) is 13.0 Å². The first-order valence-electron chi connectivity index (χ1n) is 7.71. The number of carbonyl (C=O) groups is 1. The number of nitrogens with one attached hydrogen (secondary N) is 3. The molecular weight excluding hydrogens is 342 g/mol. The van der Waals surface area contributed by atoms with Crippen molar-refractivity contribution < 1.29 is 17.9 Å². The Balaban J connectivity index is 1.87. The van der Waals surface area contributed by atoms with Gasteiger partial charge in [-0.2, -0.15) is 0 Å². The molecule has 2 aromatic rings. The first-order chi connectivity index (χ1) is 12.0. The van der Waals surface area contributed by atoms with E-state index < -0.39 is 10.0 Å². The van der Waals surface area contributed by atoms with Gasteiger partial charge in [-0.15, -0.1) is 0 Å². The number of hydrogen-bond acceptors (Lipinski definition) is 5. The molecule has 3 rings (SSSR count). The fourth-order valence-corrected chi connectivity index (χ4v) is 3.74. The van der Waals surface area contributed by atoms with Gasteiger partial charge in [0.25, 0.3) is 0 Å². The number of sulfonamides is 1. The second kappa shape index (κ2) is 6.73. The van der Waals surface area contributed by atoms with E-state index in [9.17, 15) is 13.2 Å². The van der Waals surface area contributed by atoms with Gasteiger partial charge in [0, 0.05) is 17.9 Å². The van der Waals surface area contributed by atoms with E-state index in [-0.39, 0.29) is 22.5 Å². The van der Waals surface area contributed by atoms with E-state index in [1.54, 1.807) is 6.07 Å². The van der Waals surface area contributed by atoms with E-state index in [1.807, 2.05) is 24.3 Å². The minimum Gasteiger partial charge on any atom is -0.495 e. The Bertz CT molecular complexity index is 912. The first-order valence-corrected chi connectivity index (χ1v) is 9.20. The standard InChI is InChI=1S/C17H19N3O4S/c1-18-25(22,23)16-9-11(7-8-15(16)24-2)20-17(21)13-10-19-14-6-4-3-5-12(13)14/h3-9,13,18-19H,10H2,1-2H3,(H,20,21). The third-order valence-corrected chi connectivity index (χ3v) is 5.57. The van der Waals surface area contributed by atoms with Crippen LogP contribution in [0, 0.1) is 0 Å². The number of benzene rings is 2. The Morgan fingerprint density at radius 3 is 2.72 bits per heavy atom. The zero-order valence-corrected chi connectivity index (χ0v) is 14.7. The van der Waals surface area contributed by atoms with Crippen molar-refractivity contribution in [1.29, 1.82) is 0 Å². The van der Waals surface area contributed by atoms with Crippen molar-refractivity contribution >= 4 is 27.3 Å². The van der Waals surface area contributed by atoms with E-state index in [0.29, 0.717) is 12.2 Å². The Hall–Kier alpha value is -2.58. The molecule has 0 saturated heterocycles. The number of anilines is 2. The zero-order valence-electron chi connectivity index (χ0n) is 13.9. The van der Waals surface area contributed by atoms with Gasteiger partial charge in [-0.1, -0.05) is 18.2 Å². The number of amides is 1. The monoisotopic (exact) mass is 361 g/mol. The highest BCUT2D eigenvalue weighted by atomic mass is 32.2. The van der Waals surface area contributed by atoms with E-state index in [1.165, 1.54) is 26.3 Å². The highest BCUT2D eigenvalue weighted by Crippen LogP contribution is 2.32. The number of fused-ring (bicyclic) bond motifs is 1. The second-order valence-corrected chi connectivity index (χ2v) is 7.44. The summed E-state index contributed by atoms with van der Waals surface area (Å²) in [5.41, 5.74) is 2.26. The molecule has 1 heterocycles. The van der Waals surface area contributed by atoms with Gasteiger partial charge in [0.1, 0.15) is 10.6 Å². The van der Waals surface area contributed by atoms with Crippen molar-refractivity contribution in [2.24, 2.45) is 0 Å². The largest absolute Gasteiger partial charge is 0.495 e. The summed E-state index contributed by atoms with van der Waals surface area (Å²) in [7, 11) is -0.993. The maximum atomic E-state index is 12.6. The number of para-hydroxylation sites is 1. The Morgan fingerprint density at radius 2 is 2.00 bits per heavy atom. The number of hydrogen-bond donors (Lipinski definition) is 3. The Labute approximate surface area is 146 Å². The molecule has 1 aliphatic rings. The molecule has 1 atom stereocenters. The van der Waals surface area contributed by atoms with E-state index >= 15 is 0 Å². The maximum Gasteiger partial charge on any atom is 0.244 e. The lowest BCUT2D eigenvalue weighted by molar-refractivity contribution is -0.117. The van der Waals surface area contributed by atoms with Crippen LogP contribution >= 0.6 is 0 Å². The summed E-state index contributed by atoms with van der Waals surface area (Å²) in [6, 6.07) is 12.1. The van der Waals surface area contributed by atoms with Gasteiger partial charge in [-0.25, -0.2) is 13.1 Å². The Kier molecular flexibility index (Phi) is 4.65. The zero-order chi connectivity index (χ0) is 18.0. The molecule has 0 bridgehead atoms. The molecule has 7 nitrogen and oxygen atoms in total. The third-order valence-electron chi connectivity index (χ3n) is 4.14. The molecule has 2 aromatic carbocycles. The minimum atomic E-state index is -3.71. The average Bonchev–Trinajstić information content (AvgIpc) is 3.06. The summed E-state index contributed by atoms with van der Waals surface area (Å²) in [6.07, 6.45) is 0. The van der Waals surface area contributed by atoms with Crippen LogP contribution in [0.4, 0.5) is 11.4 Å². The number of methoxy groups -OCH3 is 1. The van der Waals surface area contributed by atoms with Gasteiger partial charge in [0.2, 0.25) is 15.9 Å². The van der Waals surface area contributed by atoms with Crippen LogP contribution in [0.1, 0.15) is 11.5 Å². The van der Waals surface area contributed by atoms with Crippen molar-refractivity contribution in [3.63, 3.8) is 0 Å². The van der Waals surface area contributed by atoms with E-state index in [2.05, 4.69) is 15.4 Å². The van der Waals surface area contributed by atoms with Gasteiger partial charge >= 0.3 is 0 Å². The molecule has 25 heavy (non-hydrogen) atoms. The predicted octanol–water partition coefficient (Wildman–Crippen LogP) is 1.75. The van der Waals surface area contributed by atoms with Crippen LogP contribution in [0.5, 0.6) is 5.75 Å². The van der Waals surface area contributed by atoms with Crippen molar-refractivity contribution in [1.82, 2.24) is 4.72 Å². The van der Waals surface area contributed by atoms with Crippen molar-refractivity contribution in [2.75, 3.05) is 31.3 Å². The van der Waals surface area contributed by atoms with Gasteiger partial charge in [-0.05, 0) is 36.9 Å². The van der Waals surface area contributed by atoms with E-state index in [0.717, 1.165) is 11.3 Å². The van der Waals surface area contributed by atoms with E-state index in [4.69, 9.17) is 4.74 Å². The number of rotatable bonds is 5. The molecule has 1 amide bonds. The van der Waals surface area contributed by atoms with Crippen LogP contribution in [0.25, 0.3) is 0 Å². The molecule has 0 spiro atoms. The fourth-order valence-electron chi connectivity index (χ4n) is 2.82. The van der Waals surface area contributed by atoms with Crippen LogP contribution in [0.2, 0.25) is 0 Å². The Morgan fingerprint density at radius 1 is 1.24 bits per heavy atom. The predicted molar refractivity (Wildman–Crippen MR) is 95.5 cm³/mol. The third kappa shape index (κ3) is 3.31. The van der Waals surface area contributed by atoms with Crippen LogP contribution in [0.15, 0.2) is 47.4 Å². The molecule has 8 heteroatoms. The molecule has 0 aromatic heterocycles. The minimum absolute atomic E-state index is 0.0275. The lowest BCUT2D eigenvalue weighted by atomic mass is 10.0. The van der Waals surface area contributed by atoms with Crippen LogP contribution in [0.3, 0.4) is 0 Å². The SMILES string of the molecule is CNS(=O)(=O)c1cc(NC(=O)C2CNc3ccccc32)ccc1OC. The molecule has 132 valence electrons. The van der Waals surface area contributed by atoms with Crippen molar-refractivity contribution in [2.45, 2.75) is 10.8 Å². The smallest absolute Gasteiger partial charge is 0.244 e. The molecule has 3 N–H and O–H groups in total. The fraction of sp³-hybridized carbons (Fsp3) is 0.235. The lowest BCUT2D eigenvalue weighted by Crippen LogP contribution is -2.23. The molecule has 1 aliphatic heterocycles. The summed E-state index contributed by atoms with van der Waals surface area (Å²) >= 11 is 0. The summed E-state index contributed by atoms with van der Waals surface area (Å²) in [4.78, 5) is 12.6. The highest BCUT2D eigenvalue weighted by molar-refractivity contribution is 7.89. The van der Waals surface area contributed by atoms with Crippen LogP contribution in [-0.4, -0.2) is 35.0 Å². The lowest BCUT2D eigenvalue weighted by Gasteiger charge is -2.14. The van der Waals surface area contributed by atoms with Crippen molar-refractivity contribution in [3.8, 4) is 5.75 Å². The molecule has 0 aliphatic carbocycles. The van der Waals surface area contributed by atoms with Gasteiger partial charge in [-0.3, -0.25) is 4.79 Å². The first kappa shape index (κ1) is 17.2. The normalized spacial score (nSPS) is 16.0. The summed E-state index contributed by atoms with van der Waals surface area (Å²) in [5, 5.41) is 5.98. The van der Waals surface area contributed by atoms with Gasteiger partial charge < -0.3 is 15.4 Å². The van der Waals surface area contributed by atoms with Crippen LogP contribution < -0.4 is 20.1 Å². The molecule has 0 saturated carbocycles. The summed E-state index contributed by atoms with van der Waals surface area (Å²) < 4.78 is 31.6. The topological polar surface area (TPSA) is 96.5 Å². The molecule has 0 fully saturated rings. The maximum absolute atomic E-state index is 12.6. The quantitative estimate of drug-likeness (QED) is 0.754. The van der Waals surface area contributed by atoms with Crippen molar-refractivity contribution in [3.05, 3.63) is 48.0 Å². The second-order valence-electron chi connectivity index (χ2n) is 5.58. The number of carbonyl (C=O) groups excluding carboxylic acids is 1. The summed E-state index contributed by atoms with van der Waals surface area (Å²) in [5.74, 6) is -0.321. The molecule has 0 radical (unpaired) electrons. The van der Waals surface area contributed by atoms with Crippen LogP contribution in [-0.2, 0) is 14.8 Å². The summed E-state index contributed by atoms with van der Waals surface area (Å²) in [6.45, 7) is 0.503. The molecular formula is C17H19N3O4S. The number of ether oxygens (including phenoxy) is 1. The molecule has 1 unspecified atom stereocenters. The van der Waals surface area contributed by atoms with Gasteiger partial charge in [0.15, 0.2) is 0 Å². The average molecular weight is 361 g/mol. The highest BCUT2D eigenvalue weighted by Gasteiger charge is 2.28.